The summed E-state index contributed by atoms with van der Waals surface area (Å²) in [5.41, 5.74) is 2.31. The quantitative estimate of drug-likeness (QED) is 0.706. The van der Waals surface area contributed by atoms with Gasteiger partial charge in [-0.2, -0.15) is 0 Å². The summed E-state index contributed by atoms with van der Waals surface area (Å²) in [5.74, 6) is -0.0909. The number of ether oxygens (including phenoxy) is 1. The van der Waals surface area contributed by atoms with E-state index in [1.165, 1.54) is 12.8 Å². The number of aromatic nitrogens is 1. The smallest absolute Gasteiger partial charge is 0.310 e. The summed E-state index contributed by atoms with van der Waals surface area (Å²) in [5, 5.41) is 0. The number of hydrogen-bond donors (Lipinski definition) is 0. The molecule has 2 heterocycles. The molecule has 4 heteroatoms. The van der Waals surface area contributed by atoms with Gasteiger partial charge in [-0.15, -0.1) is 0 Å². The Kier molecular flexibility index (Phi) is 3.08. The van der Waals surface area contributed by atoms with Gasteiger partial charge < -0.3 is 9.64 Å². The van der Waals surface area contributed by atoms with Gasteiger partial charge in [0, 0.05) is 31.2 Å². The Morgan fingerprint density at radius 3 is 3.12 bits per heavy atom. The van der Waals surface area contributed by atoms with Gasteiger partial charge in [-0.25, -0.2) is 0 Å². The Hall–Kier alpha value is -1.58. The molecule has 0 saturated carbocycles. The molecular weight excluding hydrogens is 204 g/mol. The predicted octanol–water partition coefficient (Wildman–Crippen LogP) is 1.39. The zero-order valence-corrected chi connectivity index (χ0v) is 9.64. The van der Waals surface area contributed by atoms with Crippen LogP contribution in [-0.4, -0.2) is 31.2 Å². The highest BCUT2D eigenvalue weighted by molar-refractivity contribution is 5.74. The topological polar surface area (TPSA) is 42.4 Å². The molecule has 0 radical (unpaired) electrons. The first-order valence-corrected chi connectivity index (χ1v) is 5.45. The molecular formula is C12H16N2O2. The van der Waals surface area contributed by atoms with E-state index in [9.17, 15) is 4.79 Å². The Balaban J connectivity index is 2.09. The van der Waals surface area contributed by atoms with E-state index in [-0.39, 0.29) is 11.9 Å². The second-order valence-corrected chi connectivity index (χ2v) is 4.12. The van der Waals surface area contributed by atoms with Crippen LogP contribution in [0.25, 0.3) is 0 Å². The minimum Gasteiger partial charge on any atom is -0.469 e. The molecule has 0 N–H and O–H groups in total. The Labute approximate surface area is 95.2 Å². The van der Waals surface area contributed by atoms with Gasteiger partial charge >= 0.3 is 5.97 Å². The van der Waals surface area contributed by atoms with Crippen molar-refractivity contribution in [1.82, 2.24) is 4.98 Å². The molecule has 1 aliphatic heterocycles. The van der Waals surface area contributed by atoms with E-state index >= 15 is 0 Å². The Morgan fingerprint density at radius 1 is 1.62 bits per heavy atom. The van der Waals surface area contributed by atoms with Crippen molar-refractivity contribution in [2.75, 3.05) is 25.1 Å². The summed E-state index contributed by atoms with van der Waals surface area (Å²) in [6, 6.07) is 2.00. The van der Waals surface area contributed by atoms with Crippen molar-refractivity contribution in [3.05, 3.63) is 24.0 Å². The molecule has 0 aliphatic carbocycles. The molecule has 1 atom stereocenters. The van der Waals surface area contributed by atoms with Crippen LogP contribution in [-0.2, 0) is 9.53 Å². The van der Waals surface area contributed by atoms with Gasteiger partial charge in [0.2, 0.25) is 0 Å². The Bertz CT molecular complexity index is 392. The number of aryl methyl sites for hydroxylation is 1. The second kappa shape index (κ2) is 4.51. The zero-order valence-electron chi connectivity index (χ0n) is 9.64. The molecule has 0 spiro atoms. The lowest BCUT2D eigenvalue weighted by molar-refractivity contribution is -0.144. The summed E-state index contributed by atoms with van der Waals surface area (Å²) in [6.45, 7) is 3.69. The van der Waals surface area contributed by atoms with E-state index in [2.05, 4.69) is 9.88 Å². The number of methoxy groups -OCH3 is 1. The fourth-order valence-electron chi connectivity index (χ4n) is 2.16. The monoisotopic (exact) mass is 220 g/mol. The molecule has 86 valence electrons. The third-order valence-electron chi connectivity index (χ3n) is 3.05. The van der Waals surface area contributed by atoms with Crippen molar-refractivity contribution in [2.24, 2.45) is 5.92 Å². The lowest BCUT2D eigenvalue weighted by Crippen LogP contribution is -2.24. The molecule has 1 aliphatic rings. The lowest BCUT2D eigenvalue weighted by atomic mass is 10.1. The molecule has 1 unspecified atom stereocenters. The number of carbonyl (C=O) groups is 1. The fraction of sp³-hybridized carbons (Fsp3) is 0.500. The maximum atomic E-state index is 11.4. The number of carbonyl (C=O) groups excluding carboxylic acids is 1. The summed E-state index contributed by atoms with van der Waals surface area (Å²) in [6.07, 6.45) is 4.50. The van der Waals surface area contributed by atoms with Crippen molar-refractivity contribution < 1.29 is 9.53 Å². The van der Waals surface area contributed by atoms with Gasteiger partial charge in [-0.1, -0.05) is 0 Å². The van der Waals surface area contributed by atoms with Crippen molar-refractivity contribution in [2.45, 2.75) is 13.3 Å². The van der Waals surface area contributed by atoms with Gasteiger partial charge in [0.05, 0.1) is 13.0 Å². The highest BCUT2D eigenvalue weighted by atomic mass is 16.5. The first-order chi connectivity index (χ1) is 7.72. The maximum Gasteiger partial charge on any atom is 0.310 e. The number of rotatable bonds is 2. The first kappa shape index (κ1) is 10.9. The van der Waals surface area contributed by atoms with Crippen LogP contribution in [0.15, 0.2) is 18.5 Å². The van der Waals surface area contributed by atoms with E-state index in [0.717, 1.165) is 25.1 Å². The fourth-order valence-corrected chi connectivity index (χ4v) is 2.16. The van der Waals surface area contributed by atoms with Crippen LogP contribution < -0.4 is 4.90 Å². The van der Waals surface area contributed by atoms with Gasteiger partial charge in [0.1, 0.15) is 0 Å². The van der Waals surface area contributed by atoms with Gasteiger partial charge in [-0.05, 0) is 25.0 Å². The molecule has 4 nitrogen and oxygen atoms in total. The molecule has 0 bridgehead atoms. The molecule has 1 aromatic rings. The summed E-state index contributed by atoms with van der Waals surface area (Å²) >= 11 is 0. The number of hydrogen-bond acceptors (Lipinski definition) is 4. The number of nitrogens with zero attached hydrogens (tertiary/aromatic N) is 2. The minimum absolute atomic E-state index is 0.0116. The molecule has 16 heavy (non-hydrogen) atoms. The van der Waals surface area contributed by atoms with E-state index in [4.69, 9.17) is 4.74 Å². The van der Waals surface area contributed by atoms with Gasteiger partial charge in [-0.3, -0.25) is 9.78 Å². The van der Waals surface area contributed by atoms with Crippen molar-refractivity contribution in [3.63, 3.8) is 0 Å². The van der Waals surface area contributed by atoms with Gasteiger partial charge in [0.15, 0.2) is 0 Å². The molecule has 1 fully saturated rings. The zero-order chi connectivity index (χ0) is 11.5. The van der Waals surface area contributed by atoms with Crippen molar-refractivity contribution >= 4 is 11.7 Å². The number of anilines is 1. The highest BCUT2D eigenvalue weighted by Crippen LogP contribution is 2.26. The highest BCUT2D eigenvalue weighted by Gasteiger charge is 2.29. The van der Waals surface area contributed by atoms with E-state index in [0.29, 0.717) is 0 Å². The third kappa shape index (κ3) is 2.01. The van der Waals surface area contributed by atoms with Crippen LogP contribution >= 0.6 is 0 Å². The summed E-state index contributed by atoms with van der Waals surface area (Å²) < 4.78 is 4.77. The predicted molar refractivity (Wildman–Crippen MR) is 61.3 cm³/mol. The average molecular weight is 220 g/mol. The molecule has 1 saturated heterocycles. The number of esters is 1. The van der Waals surface area contributed by atoms with Crippen LogP contribution in [0.1, 0.15) is 12.0 Å². The van der Waals surface area contributed by atoms with Crippen LogP contribution in [0.4, 0.5) is 5.69 Å². The standard InChI is InChI=1S/C12H16N2O2/c1-9-7-13-5-3-11(9)14-6-4-10(8-14)12(15)16-2/h3,5,7,10H,4,6,8H2,1-2H3. The van der Waals surface area contributed by atoms with E-state index in [1.54, 1.807) is 6.20 Å². The van der Waals surface area contributed by atoms with Crippen LogP contribution in [0.3, 0.4) is 0 Å². The maximum absolute atomic E-state index is 11.4. The van der Waals surface area contributed by atoms with Crippen LogP contribution in [0, 0.1) is 12.8 Å². The molecule has 1 aromatic heterocycles. The molecule has 0 amide bonds. The summed E-state index contributed by atoms with van der Waals surface area (Å²) in [4.78, 5) is 17.7. The molecule has 2 rings (SSSR count). The first-order valence-electron chi connectivity index (χ1n) is 5.45. The SMILES string of the molecule is COC(=O)C1CCN(c2ccncc2C)C1. The molecule has 0 aromatic carbocycles. The second-order valence-electron chi connectivity index (χ2n) is 4.12. The van der Waals surface area contributed by atoms with Crippen molar-refractivity contribution in [1.29, 1.82) is 0 Å². The van der Waals surface area contributed by atoms with Crippen LogP contribution in [0.2, 0.25) is 0 Å². The van der Waals surface area contributed by atoms with E-state index < -0.39 is 0 Å². The number of pyridine rings is 1. The minimum atomic E-state index is -0.103. The summed E-state index contributed by atoms with van der Waals surface area (Å²) in [7, 11) is 1.45. The largest absolute Gasteiger partial charge is 0.469 e. The lowest BCUT2D eigenvalue weighted by Gasteiger charge is -2.20. The average Bonchev–Trinajstić information content (AvgIpc) is 2.78. The van der Waals surface area contributed by atoms with Gasteiger partial charge in [0.25, 0.3) is 0 Å². The Morgan fingerprint density at radius 2 is 2.44 bits per heavy atom. The normalized spacial score (nSPS) is 19.9. The third-order valence-corrected chi connectivity index (χ3v) is 3.05. The van der Waals surface area contributed by atoms with E-state index in [1.807, 2.05) is 19.2 Å². The van der Waals surface area contributed by atoms with Crippen molar-refractivity contribution in [3.8, 4) is 0 Å². The van der Waals surface area contributed by atoms with Crippen LogP contribution in [0.5, 0.6) is 0 Å².